The molecule has 0 atom stereocenters. The summed E-state index contributed by atoms with van der Waals surface area (Å²) in [6, 6.07) is 9.44. The molecule has 0 bridgehead atoms. The van der Waals surface area contributed by atoms with Gasteiger partial charge in [0.1, 0.15) is 17.7 Å². The van der Waals surface area contributed by atoms with Gasteiger partial charge in [0.25, 0.3) is 0 Å². The van der Waals surface area contributed by atoms with Crippen molar-refractivity contribution in [3.63, 3.8) is 0 Å². The first-order valence-electron chi connectivity index (χ1n) is 5.77. The quantitative estimate of drug-likeness (QED) is 0.914. The maximum absolute atomic E-state index is 9.25. The van der Waals surface area contributed by atoms with Gasteiger partial charge in [0.15, 0.2) is 5.82 Å². The van der Waals surface area contributed by atoms with Crippen LogP contribution in [0.1, 0.15) is 22.4 Å². The van der Waals surface area contributed by atoms with E-state index in [9.17, 15) is 5.26 Å². The Morgan fingerprint density at radius 3 is 2.55 bits per heavy atom. The van der Waals surface area contributed by atoms with Gasteiger partial charge >= 0.3 is 0 Å². The summed E-state index contributed by atoms with van der Waals surface area (Å²) in [7, 11) is 0. The van der Waals surface area contributed by atoms with Crippen LogP contribution in [-0.2, 0) is 0 Å². The van der Waals surface area contributed by atoms with E-state index in [1.807, 2.05) is 6.92 Å². The van der Waals surface area contributed by atoms with Crippen molar-refractivity contribution < 1.29 is 0 Å². The molecule has 0 radical (unpaired) electrons. The van der Waals surface area contributed by atoms with Gasteiger partial charge in [0.05, 0.1) is 16.9 Å². The predicted octanol–water partition coefficient (Wildman–Crippen LogP) is 3.34. The number of aryl methyl sites for hydroxylation is 1. The van der Waals surface area contributed by atoms with Crippen LogP contribution in [0.3, 0.4) is 0 Å². The molecule has 0 saturated carbocycles. The zero-order valence-electron chi connectivity index (χ0n) is 10.9. The molecule has 6 heteroatoms. The maximum atomic E-state index is 9.25. The standard InChI is InChI=1S/C14H10BrN5/c1-8-9(2)19-20-14(12(8)7-17)18-13-5-11(15)4-3-10(13)6-16/h3-5H,1-2H3,(H,18,20). The molecule has 0 saturated heterocycles. The minimum atomic E-state index is 0.352. The second-order valence-corrected chi connectivity index (χ2v) is 5.09. The van der Waals surface area contributed by atoms with Gasteiger partial charge in [-0.3, -0.25) is 0 Å². The molecule has 0 amide bonds. The second-order valence-electron chi connectivity index (χ2n) is 4.17. The number of aromatic nitrogens is 2. The van der Waals surface area contributed by atoms with Gasteiger partial charge in [0, 0.05) is 4.47 Å². The third-order valence-electron chi connectivity index (χ3n) is 2.92. The molecule has 2 rings (SSSR count). The maximum Gasteiger partial charge on any atom is 0.171 e. The third kappa shape index (κ3) is 2.61. The average molecular weight is 328 g/mol. The van der Waals surface area contributed by atoms with Crippen LogP contribution in [0.2, 0.25) is 0 Å². The van der Waals surface area contributed by atoms with Crippen LogP contribution in [0, 0.1) is 36.5 Å². The number of halogens is 1. The van der Waals surface area contributed by atoms with E-state index in [0.717, 1.165) is 10.0 Å². The molecule has 1 N–H and O–H groups in total. The lowest BCUT2D eigenvalue weighted by Gasteiger charge is -2.11. The Morgan fingerprint density at radius 1 is 1.15 bits per heavy atom. The number of nitriles is 2. The summed E-state index contributed by atoms with van der Waals surface area (Å²) < 4.78 is 0.828. The summed E-state index contributed by atoms with van der Waals surface area (Å²) in [4.78, 5) is 0. The molecule has 98 valence electrons. The van der Waals surface area contributed by atoms with Crippen molar-refractivity contribution in [2.24, 2.45) is 0 Å². The van der Waals surface area contributed by atoms with Gasteiger partial charge < -0.3 is 5.32 Å². The van der Waals surface area contributed by atoms with Gasteiger partial charge in [-0.15, -0.1) is 5.10 Å². The molecule has 1 aromatic heterocycles. The summed E-state index contributed by atoms with van der Waals surface area (Å²) in [6.07, 6.45) is 0. The average Bonchev–Trinajstić information content (AvgIpc) is 2.43. The van der Waals surface area contributed by atoms with Crippen LogP contribution in [0.15, 0.2) is 22.7 Å². The highest BCUT2D eigenvalue weighted by Gasteiger charge is 2.12. The van der Waals surface area contributed by atoms with E-state index in [4.69, 9.17) is 5.26 Å². The van der Waals surface area contributed by atoms with E-state index in [-0.39, 0.29) is 0 Å². The molecule has 0 aliphatic carbocycles. The highest BCUT2D eigenvalue weighted by Crippen LogP contribution is 2.26. The molecule has 0 fully saturated rings. The number of benzene rings is 1. The van der Waals surface area contributed by atoms with Crippen LogP contribution in [-0.4, -0.2) is 10.2 Å². The van der Waals surface area contributed by atoms with Crippen molar-refractivity contribution in [3.05, 3.63) is 45.1 Å². The van der Waals surface area contributed by atoms with E-state index in [1.54, 1.807) is 25.1 Å². The molecule has 5 nitrogen and oxygen atoms in total. The Kier molecular flexibility index (Phi) is 3.97. The van der Waals surface area contributed by atoms with Gasteiger partial charge in [0.2, 0.25) is 0 Å². The molecule has 2 aromatic rings. The summed E-state index contributed by atoms with van der Waals surface area (Å²) in [5, 5.41) is 29.4. The van der Waals surface area contributed by atoms with Crippen LogP contribution in [0.4, 0.5) is 11.5 Å². The van der Waals surface area contributed by atoms with Crippen LogP contribution in [0.5, 0.6) is 0 Å². The normalized spacial score (nSPS) is 9.65. The second kappa shape index (κ2) is 5.68. The molecule has 0 aliphatic heterocycles. The molecule has 0 unspecified atom stereocenters. The van der Waals surface area contributed by atoms with Crippen molar-refractivity contribution >= 4 is 27.4 Å². The Labute approximate surface area is 125 Å². The Balaban J connectivity index is 2.52. The first kappa shape index (κ1) is 14.0. The van der Waals surface area contributed by atoms with Crippen molar-refractivity contribution in [2.75, 3.05) is 5.32 Å². The molecule has 1 heterocycles. The minimum absolute atomic E-state index is 0.352. The lowest BCUT2D eigenvalue weighted by Crippen LogP contribution is -2.04. The Morgan fingerprint density at radius 2 is 1.90 bits per heavy atom. The van der Waals surface area contributed by atoms with Crippen molar-refractivity contribution in [2.45, 2.75) is 13.8 Å². The smallest absolute Gasteiger partial charge is 0.171 e. The summed E-state index contributed by atoms with van der Waals surface area (Å²) >= 11 is 3.35. The van der Waals surface area contributed by atoms with E-state index >= 15 is 0 Å². The Bertz CT molecular complexity index is 755. The molecule has 0 aliphatic rings. The number of anilines is 2. The molecule has 1 aromatic carbocycles. The molecule has 0 spiro atoms. The molecule has 20 heavy (non-hydrogen) atoms. The van der Waals surface area contributed by atoms with E-state index in [0.29, 0.717) is 28.3 Å². The van der Waals surface area contributed by atoms with Gasteiger partial charge in [-0.1, -0.05) is 15.9 Å². The SMILES string of the molecule is Cc1nnc(Nc2cc(Br)ccc2C#N)c(C#N)c1C. The largest absolute Gasteiger partial charge is 0.336 e. The van der Waals surface area contributed by atoms with Crippen molar-refractivity contribution in [1.29, 1.82) is 10.5 Å². The van der Waals surface area contributed by atoms with E-state index in [1.165, 1.54) is 0 Å². The number of rotatable bonds is 2. The Hall–Kier alpha value is -2.44. The molecular weight excluding hydrogens is 318 g/mol. The van der Waals surface area contributed by atoms with Crippen LogP contribution < -0.4 is 5.32 Å². The molecular formula is C14H10BrN5. The fourth-order valence-electron chi connectivity index (χ4n) is 1.68. The van der Waals surface area contributed by atoms with Gasteiger partial charge in [-0.05, 0) is 37.6 Å². The van der Waals surface area contributed by atoms with Gasteiger partial charge in [-0.2, -0.15) is 15.6 Å². The summed E-state index contributed by atoms with van der Waals surface area (Å²) in [5.74, 6) is 0.352. The lowest BCUT2D eigenvalue weighted by molar-refractivity contribution is 0.960. The van der Waals surface area contributed by atoms with Crippen molar-refractivity contribution in [1.82, 2.24) is 10.2 Å². The summed E-state index contributed by atoms with van der Waals surface area (Å²) in [5.41, 5.74) is 2.97. The fourth-order valence-corrected chi connectivity index (χ4v) is 2.04. The first-order chi connectivity index (χ1) is 9.56. The topological polar surface area (TPSA) is 85.4 Å². The zero-order chi connectivity index (χ0) is 14.7. The summed E-state index contributed by atoms with van der Waals surface area (Å²) in [6.45, 7) is 3.62. The number of hydrogen-bond donors (Lipinski definition) is 1. The third-order valence-corrected chi connectivity index (χ3v) is 3.41. The lowest BCUT2D eigenvalue weighted by atomic mass is 10.1. The number of nitrogens with one attached hydrogen (secondary N) is 1. The fraction of sp³-hybridized carbons (Fsp3) is 0.143. The van der Waals surface area contributed by atoms with Crippen LogP contribution in [0.25, 0.3) is 0 Å². The predicted molar refractivity (Wildman–Crippen MR) is 78.4 cm³/mol. The van der Waals surface area contributed by atoms with Crippen molar-refractivity contribution in [3.8, 4) is 12.1 Å². The number of hydrogen-bond acceptors (Lipinski definition) is 5. The van der Waals surface area contributed by atoms with E-state index < -0.39 is 0 Å². The van der Waals surface area contributed by atoms with E-state index in [2.05, 4.69) is 43.6 Å². The first-order valence-corrected chi connectivity index (χ1v) is 6.56. The highest BCUT2D eigenvalue weighted by atomic mass is 79.9. The monoisotopic (exact) mass is 327 g/mol. The van der Waals surface area contributed by atoms with Crippen LogP contribution >= 0.6 is 15.9 Å². The highest BCUT2D eigenvalue weighted by molar-refractivity contribution is 9.10. The van der Waals surface area contributed by atoms with Gasteiger partial charge in [-0.25, -0.2) is 0 Å². The zero-order valence-corrected chi connectivity index (χ0v) is 12.5. The minimum Gasteiger partial charge on any atom is -0.336 e. The number of nitrogens with zero attached hydrogens (tertiary/aromatic N) is 4.